The number of hydrogen-bond acceptors (Lipinski definition) is 2. The number of ether oxygens (including phenoxy) is 1. The van der Waals surface area contributed by atoms with Crippen molar-refractivity contribution < 1.29 is 4.74 Å². The van der Waals surface area contributed by atoms with Gasteiger partial charge in [0.15, 0.2) is 5.96 Å². The molecule has 0 radical (unpaired) electrons. The van der Waals surface area contributed by atoms with Crippen LogP contribution in [0.3, 0.4) is 0 Å². The molecule has 0 saturated heterocycles. The van der Waals surface area contributed by atoms with E-state index in [4.69, 9.17) is 4.74 Å². The van der Waals surface area contributed by atoms with Gasteiger partial charge < -0.3 is 15.4 Å². The molecule has 124 valence electrons. The lowest BCUT2D eigenvalue weighted by Crippen LogP contribution is -2.39. The number of nitrogens with one attached hydrogen (secondary N) is 2. The Balaban J connectivity index is 0.00000242. The van der Waals surface area contributed by atoms with E-state index in [1.165, 1.54) is 18.4 Å². The Morgan fingerprint density at radius 3 is 2.55 bits per heavy atom. The molecule has 0 bridgehead atoms. The fourth-order valence-corrected chi connectivity index (χ4v) is 2.01. The van der Waals surface area contributed by atoms with Gasteiger partial charge in [0.1, 0.15) is 11.9 Å². The zero-order chi connectivity index (χ0) is 15.1. The zero-order valence-corrected chi connectivity index (χ0v) is 16.1. The minimum Gasteiger partial charge on any atom is -0.489 e. The maximum absolute atomic E-state index is 5.87. The second kappa shape index (κ2) is 9.92. The van der Waals surface area contributed by atoms with Crippen molar-refractivity contribution in [2.45, 2.75) is 39.7 Å². The number of benzene rings is 1. The van der Waals surface area contributed by atoms with Crippen molar-refractivity contribution in [1.29, 1.82) is 0 Å². The van der Waals surface area contributed by atoms with Crippen LogP contribution >= 0.6 is 24.0 Å². The summed E-state index contributed by atoms with van der Waals surface area (Å²) in [6, 6.07) is 8.14. The summed E-state index contributed by atoms with van der Waals surface area (Å²) in [5, 5.41) is 6.67. The molecule has 1 aliphatic rings. The molecule has 2 rings (SSSR count). The predicted molar refractivity (Wildman–Crippen MR) is 103 cm³/mol. The first-order valence-electron chi connectivity index (χ1n) is 7.93. The van der Waals surface area contributed by atoms with Crippen LogP contribution in [0, 0.1) is 12.8 Å². The molecule has 1 saturated carbocycles. The van der Waals surface area contributed by atoms with Gasteiger partial charge in [-0.2, -0.15) is 0 Å². The quantitative estimate of drug-likeness (QED) is 0.407. The highest BCUT2D eigenvalue weighted by Crippen LogP contribution is 2.27. The van der Waals surface area contributed by atoms with E-state index < -0.39 is 0 Å². The lowest BCUT2D eigenvalue weighted by molar-refractivity contribution is 0.230. The number of guanidine groups is 1. The average Bonchev–Trinajstić information content (AvgIpc) is 3.29. The number of halogens is 1. The van der Waals surface area contributed by atoms with Crippen LogP contribution in [0.4, 0.5) is 0 Å². The molecule has 0 amide bonds. The van der Waals surface area contributed by atoms with Crippen LogP contribution in [-0.2, 0) is 0 Å². The summed E-state index contributed by atoms with van der Waals surface area (Å²) < 4.78 is 5.87. The Kier molecular flexibility index (Phi) is 8.60. The molecular weight excluding hydrogens is 389 g/mol. The van der Waals surface area contributed by atoms with Crippen molar-refractivity contribution in [1.82, 2.24) is 10.6 Å². The van der Waals surface area contributed by atoms with Crippen LogP contribution in [0.15, 0.2) is 29.3 Å². The van der Waals surface area contributed by atoms with Crippen molar-refractivity contribution in [2.24, 2.45) is 10.9 Å². The highest BCUT2D eigenvalue weighted by atomic mass is 127. The van der Waals surface area contributed by atoms with Gasteiger partial charge in [-0.15, -0.1) is 24.0 Å². The third-order valence-corrected chi connectivity index (χ3v) is 3.46. The summed E-state index contributed by atoms with van der Waals surface area (Å²) in [5.74, 6) is 2.64. The Morgan fingerprint density at radius 1 is 1.27 bits per heavy atom. The third kappa shape index (κ3) is 7.33. The van der Waals surface area contributed by atoms with Gasteiger partial charge >= 0.3 is 0 Å². The number of aryl methyl sites for hydroxylation is 1. The molecular formula is C17H28IN3O. The molecule has 1 unspecified atom stereocenters. The van der Waals surface area contributed by atoms with Gasteiger partial charge in [-0.05, 0) is 51.7 Å². The average molecular weight is 417 g/mol. The van der Waals surface area contributed by atoms with E-state index in [0.29, 0.717) is 6.54 Å². The monoisotopic (exact) mass is 417 g/mol. The Labute approximate surface area is 151 Å². The van der Waals surface area contributed by atoms with Gasteiger partial charge in [-0.1, -0.05) is 17.7 Å². The van der Waals surface area contributed by atoms with E-state index in [9.17, 15) is 0 Å². The van der Waals surface area contributed by atoms with Crippen LogP contribution < -0.4 is 15.4 Å². The Bertz CT molecular complexity index is 457. The summed E-state index contributed by atoms with van der Waals surface area (Å²) >= 11 is 0. The Morgan fingerprint density at radius 2 is 1.95 bits per heavy atom. The number of hydrogen-bond donors (Lipinski definition) is 2. The molecule has 1 aromatic rings. The van der Waals surface area contributed by atoms with Crippen molar-refractivity contribution in [3.63, 3.8) is 0 Å². The SMILES string of the molecule is CCNC(=NCC(C)Oc1ccc(C)cc1)NCC1CC1.I. The first-order chi connectivity index (χ1) is 10.2. The molecule has 4 nitrogen and oxygen atoms in total. The van der Waals surface area contributed by atoms with E-state index in [1.807, 2.05) is 19.1 Å². The van der Waals surface area contributed by atoms with Gasteiger partial charge in [0.25, 0.3) is 0 Å². The molecule has 0 aromatic heterocycles. The van der Waals surface area contributed by atoms with Crippen LogP contribution in [0.5, 0.6) is 5.75 Å². The topological polar surface area (TPSA) is 45.7 Å². The van der Waals surface area contributed by atoms with E-state index in [1.54, 1.807) is 0 Å². The lowest BCUT2D eigenvalue weighted by atomic mass is 10.2. The van der Waals surface area contributed by atoms with Gasteiger partial charge in [0, 0.05) is 13.1 Å². The van der Waals surface area contributed by atoms with Crippen molar-refractivity contribution in [2.75, 3.05) is 19.6 Å². The molecule has 1 aliphatic carbocycles. The van der Waals surface area contributed by atoms with Gasteiger partial charge in [0.05, 0.1) is 6.54 Å². The molecule has 2 N–H and O–H groups in total. The zero-order valence-electron chi connectivity index (χ0n) is 13.8. The van der Waals surface area contributed by atoms with Crippen LogP contribution in [0.2, 0.25) is 0 Å². The van der Waals surface area contributed by atoms with Crippen molar-refractivity contribution in [3.05, 3.63) is 29.8 Å². The molecule has 0 aliphatic heterocycles. The number of aliphatic imine (C=N–C) groups is 1. The largest absolute Gasteiger partial charge is 0.489 e. The summed E-state index contributed by atoms with van der Waals surface area (Å²) in [6.45, 7) is 8.76. The van der Waals surface area contributed by atoms with E-state index in [0.717, 1.165) is 30.7 Å². The fraction of sp³-hybridized carbons (Fsp3) is 0.588. The fourth-order valence-electron chi connectivity index (χ4n) is 2.01. The molecule has 22 heavy (non-hydrogen) atoms. The molecule has 1 fully saturated rings. The van der Waals surface area contributed by atoms with Crippen molar-refractivity contribution in [3.8, 4) is 5.75 Å². The standard InChI is InChI=1S/C17H27N3O.HI/c1-4-18-17(20-12-15-7-8-15)19-11-14(3)21-16-9-5-13(2)6-10-16;/h5-6,9-10,14-15H,4,7-8,11-12H2,1-3H3,(H2,18,19,20);1H. The summed E-state index contributed by atoms with van der Waals surface area (Å²) in [5.41, 5.74) is 1.24. The minimum atomic E-state index is 0. The van der Waals surface area contributed by atoms with Crippen molar-refractivity contribution >= 4 is 29.9 Å². The molecule has 0 heterocycles. The van der Waals surface area contributed by atoms with Crippen LogP contribution in [0.25, 0.3) is 0 Å². The highest BCUT2D eigenvalue weighted by molar-refractivity contribution is 14.0. The summed E-state index contributed by atoms with van der Waals surface area (Å²) in [7, 11) is 0. The van der Waals surface area contributed by atoms with Gasteiger partial charge in [-0.25, -0.2) is 4.99 Å². The maximum atomic E-state index is 5.87. The minimum absolute atomic E-state index is 0. The first kappa shape index (κ1) is 19.1. The van der Waals surface area contributed by atoms with E-state index in [2.05, 4.69) is 41.6 Å². The number of nitrogens with zero attached hydrogens (tertiary/aromatic N) is 1. The van der Waals surface area contributed by atoms with Gasteiger partial charge in [0.2, 0.25) is 0 Å². The second-order valence-corrected chi connectivity index (χ2v) is 5.79. The number of rotatable bonds is 7. The first-order valence-corrected chi connectivity index (χ1v) is 7.93. The highest BCUT2D eigenvalue weighted by Gasteiger charge is 2.21. The smallest absolute Gasteiger partial charge is 0.191 e. The summed E-state index contributed by atoms with van der Waals surface area (Å²) in [4.78, 5) is 4.60. The van der Waals surface area contributed by atoms with Crippen LogP contribution in [-0.4, -0.2) is 31.7 Å². The molecule has 5 heteroatoms. The molecule has 0 spiro atoms. The summed E-state index contributed by atoms with van der Waals surface area (Å²) in [6.07, 6.45) is 2.75. The van der Waals surface area contributed by atoms with E-state index >= 15 is 0 Å². The predicted octanol–water partition coefficient (Wildman–Crippen LogP) is 3.35. The van der Waals surface area contributed by atoms with E-state index in [-0.39, 0.29) is 30.1 Å². The lowest BCUT2D eigenvalue weighted by Gasteiger charge is -2.15. The second-order valence-electron chi connectivity index (χ2n) is 5.79. The van der Waals surface area contributed by atoms with Gasteiger partial charge in [-0.3, -0.25) is 0 Å². The Hall–Kier alpha value is -0.980. The molecule has 1 aromatic carbocycles. The normalized spacial score (nSPS) is 15.7. The maximum Gasteiger partial charge on any atom is 0.191 e. The molecule has 1 atom stereocenters. The van der Waals surface area contributed by atoms with Crippen LogP contribution in [0.1, 0.15) is 32.3 Å². The third-order valence-electron chi connectivity index (χ3n) is 3.46.